The lowest BCUT2D eigenvalue weighted by molar-refractivity contribution is -0.291. The third-order valence-corrected chi connectivity index (χ3v) is 7.75. The number of allylic oxidation sites excluding steroid dienone is 1. The van der Waals surface area contributed by atoms with Gasteiger partial charge in [0.15, 0.2) is 23.0 Å². The van der Waals surface area contributed by atoms with E-state index in [-0.39, 0.29) is 57.2 Å². The van der Waals surface area contributed by atoms with Crippen molar-refractivity contribution >= 4 is 29.9 Å². The van der Waals surface area contributed by atoms with Gasteiger partial charge in [-0.05, 0) is 107 Å². The van der Waals surface area contributed by atoms with Crippen molar-refractivity contribution in [2.24, 2.45) is 4.99 Å². The lowest BCUT2D eigenvalue weighted by Gasteiger charge is -2.32. The molecule has 0 amide bonds. The van der Waals surface area contributed by atoms with Crippen molar-refractivity contribution in [2.45, 2.75) is 0 Å². The van der Waals surface area contributed by atoms with E-state index in [0.717, 1.165) is 8.96 Å². The molecule has 0 spiro atoms. The van der Waals surface area contributed by atoms with Gasteiger partial charge in [0.2, 0.25) is 5.82 Å². The zero-order valence-electron chi connectivity index (χ0n) is 22.6. The third-order valence-electron chi connectivity index (χ3n) is 7.75. The van der Waals surface area contributed by atoms with Gasteiger partial charge in [0, 0.05) is 16.8 Å². The molecule has 0 fully saturated rings. The highest BCUT2D eigenvalue weighted by Gasteiger charge is 2.53. The normalized spacial score (nSPS) is 15.0. The van der Waals surface area contributed by atoms with Gasteiger partial charge in [0.25, 0.3) is 5.84 Å². The van der Waals surface area contributed by atoms with E-state index in [1.807, 2.05) is 0 Å². The number of fused-ring (bicyclic) bond motifs is 2. The van der Waals surface area contributed by atoms with E-state index in [4.69, 9.17) is 4.99 Å². The second kappa shape index (κ2) is 9.49. The summed E-state index contributed by atoms with van der Waals surface area (Å²) in [4.78, 5) is 4.76. The van der Waals surface area contributed by atoms with Gasteiger partial charge in [-0.25, -0.2) is 0 Å². The number of aromatic hydroxyl groups is 6. The van der Waals surface area contributed by atoms with Crippen LogP contribution < -0.4 is 0 Å². The van der Waals surface area contributed by atoms with Crippen LogP contribution in [-0.2, 0) is 0 Å². The second-order valence-corrected chi connectivity index (χ2v) is 10.5. The minimum Gasteiger partial charge on any atom is -0.508 e. The molecule has 4 aromatic carbocycles. The van der Waals surface area contributed by atoms with Crippen molar-refractivity contribution in [1.82, 2.24) is 4.48 Å². The van der Waals surface area contributed by atoms with Gasteiger partial charge in [0.1, 0.15) is 11.5 Å². The van der Waals surface area contributed by atoms with Crippen LogP contribution in [0.4, 0.5) is 14.4 Å². The number of benzene rings is 4. The molecule has 218 valence electrons. The number of hydrogen-bond acceptors (Lipinski definition) is 7. The molecule has 44 heavy (non-hydrogen) atoms. The minimum atomic E-state index is -4.70. The molecule has 0 aliphatic carbocycles. The van der Waals surface area contributed by atoms with Crippen LogP contribution in [0.2, 0.25) is 0 Å². The molecular formula is C32H22BF2N3O6. The summed E-state index contributed by atoms with van der Waals surface area (Å²) < 4.78 is 36.1. The van der Waals surface area contributed by atoms with Gasteiger partial charge in [-0.3, -0.25) is 0 Å². The molecule has 2 aliphatic heterocycles. The van der Waals surface area contributed by atoms with Crippen molar-refractivity contribution in [3.63, 3.8) is 0 Å². The van der Waals surface area contributed by atoms with E-state index in [0.29, 0.717) is 22.3 Å². The monoisotopic (exact) mass is 593 g/mol. The number of amidine groups is 1. The summed E-state index contributed by atoms with van der Waals surface area (Å²) in [5, 5.41) is 60.0. The van der Waals surface area contributed by atoms with Gasteiger partial charge >= 0.3 is 6.97 Å². The highest BCUT2D eigenvalue weighted by molar-refractivity contribution is 6.63. The van der Waals surface area contributed by atoms with E-state index in [1.165, 1.54) is 97.1 Å². The summed E-state index contributed by atoms with van der Waals surface area (Å²) in [7, 11) is 0. The molecule has 9 nitrogen and oxygen atoms in total. The molecule has 0 unspecified atom stereocenters. The number of nitrogens with zero attached hydrogens (tertiary/aromatic N) is 3. The van der Waals surface area contributed by atoms with Crippen LogP contribution in [0.3, 0.4) is 0 Å². The highest BCUT2D eigenvalue weighted by atomic mass is 19.2. The number of hydrogen-bond donors (Lipinski definition) is 6. The predicted octanol–water partition coefficient (Wildman–Crippen LogP) is 5.92. The molecule has 3 heterocycles. The molecule has 0 atom stereocenters. The Kier molecular flexibility index (Phi) is 5.79. The smallest absolute Gasteiger partial charge is 0.508 e. The summed E-state index contributed by atoms with van der Waals surface area (Å²) in [6.07, 6.45) is 1.51. The van der Waals surface area contributed by atoms with Crippen molar-refractivity contribution in [2.75, 3.05) is 0 Å². The van der Waals surface area contributed by atoms with Crippen molar-refractivity contribution in [3.05, 3.63) is 108 Å². The average molecular weight is 593 g/mol. The first kappa shape index (κ1) is 26.8. The van der Waals surface area contributed by atoms with Gasteiger partial charge in [-0.2, -0.15) is 0 Å². The largest absolute Gasteiger partial charge is 0.642 e. The summed E-state index contributed by atoms with van der Waals surface area (Å²) in [6.45, 7) is -4.70. The van der Waals surface area contributed by atoms with Gasteiger partial charge in [-0.15, -0.1) is 0 Å². The number of aromatic nitrogens is 1. The van der Waals surface area contributed by atoms with Crippen LogP contribution >= 0.6 is 0 Å². The Morgan fingerprint density at radius 1 is 0.591 bits per heavy atom. The summed E-state index contributed by atoms with van der Waals surface area (Å²) in [5.41, 5.74) is 1.98. The zero-order valence-corrected chi connectivity index (χ0v) is 22.6. The molecule has 0 saturated heterocycles. The summed E-state index contributed by atoms with van der Waals surface area (Å²) in [6, 6.07) is 21.0. The average Bonchev–Trinajstić information content (AvgIpc) is 3.58. The maximum atomic E-state index is 17.2. The fourth-order valence-electron chi connectivity index (χ4n) is 5.62. The van der Waals surface area contributed by atoms with E-state index < -0.39 is 18.5 Å². The van der Waals surface area contributed by atoms with E-state index in [9.17, 15) is 30.6 Å². The van der Waals surface area contributed by atoms with Crippen LogP contribution in [-0.4, -0.2) is 58.1 Å². The van der Waals surface area contributed by atoms with Gasteiger partial charge < -0.3 is 48.2 Å². The topological polar surface area (TPSA) is 142 Å². The van der Waals surface area contributed by atoms with Crippen LogP contribution in [0, 0.1) is 0 Å². The molecule has 5 aromatic rings. The zero-order chi connectivity index (χ0) is 30.9. The third kappa shape index (κ3) is 4.07. The van der Waals surface area contributed by atoms with E-state index >= 15 is 8.63 Å². The van der Waals surface area contributed by atoms with E-state index in [1.54, 1.807) is 0 Å². The van der Waals surface area contributed by atoms with Crippen LogP contribution in [0.1, 0.15) is 11.1 Å². The summed E-state index contributed by atoms with van der Waals surface area (Å²) >= 11 is 0. The number of aliphatic imine (C=N–C) groups is 1. The quantitative estimate of drug-likeness (QED) is 0.113. The van der Waals surface area contributed by atoms with Gasteiger partial charge in [0.05, 0.1) is 11.3 Å². The van der Waals surface area contributed by atoms with Crippen LogP contribution in [0.15, 0.2) is 102 Å². The molecule has 0 saturated carbocycles. The highest BCUT2D eigenvalue weighted by Crippen LogP contribution is 2.47. The van der Waals surface area contributed by atoms with Crippen molar-refractivity contribution in [1.29, 1.82) is 0 Å². The molecule has 0 radical (unpaired) electrons. The maximum absolute atomic E-state index is 17.2. The number of phenolic OH excluding ortho intramolecular Hbond substituents is 6. The van der Waals surface area contributed by atoms with Crippen LogP contribution in [0.25, 0.3) is 28.0 Å². The molecule has 7 rings (SSSR count). The lowest BCUT2D eigenvalue weighted by atomic mass is 9.90. The fourth-order valence-corrected chi connectivity index (χ4v) is 5.62. The van der Waals surface area contributed by atoms with Gasteiger partial charge in [-0.1, -0.05) is 12.1 Å². The number of halogens is 2. The Bertz CT molecular complexity index is 2100. The maximum Gasteiger partial charge on any atom is 0.642 e. The lowest BCUT2D eigenvalue weighted by Crippen LogP contribution is -2.53. The van der Waals surface area contributed by atoms with Crippen LogP contribution in [0.5, 0.6) is 34.5 Å². The first-order valence-electron chi connectivity index (χ1n) is 13.4. The van der Waals surface area contributed by atoms with Crippen molar-refractivity contribution < 1.29 is 43.8 Å². The number of phenols is 6. The Hall–Kier alpha value is -6.04. The Balaban J connectivity index is 1.56. The van der Waals surface area contributed by atoms with E-state index in [2.05, 4.69) is 0 Å². The molecule has 1 aromatic heterocycles. The Morgan fingerprint density at radius 3 is 1.70 bits per heavy atom. The Labute approximate surface area is 248 Å². The molecule has 2 aliphatic rings. The molecule has 12 heteroatoms. The molecule has 0 bridgehead atoms. The number of rotatable bonds is 4. The van der Waals surface area contributed by atoms with Crippen molar-refractivity contribution in [3.8, 4) is 56.9 Å². The fraction of sp³-hybridized carbons (Fsp3) is 0. The summed E-state index contributed by atoms with van der Waals surface area (Å²) in [5.74, 6) is -2.00. The minimum absolute atomic E-state index is 0.0473. The first-order chi connectivity index (χ1) is 21.0. The molecular weight excluding hydrogens is 571 g/mol. The molecule has 6 N–H and O–H groups in total. The SMILES string of the molecule is Oc1ccc(C2=[N+]3C(=Nc4c(-c5ccc(O)c(O)c5)cc(-c5ccc(O)cc5)n4[B-]3(F)F)C(c3ccc(O)c(O)c3)=C2)cc1. The first-order valence-corrected chi connectivity index (χ1v) is 13.4. The second-order valence-electron chi connectivity index (χ2n) is 10.5. The Morgan fingerprint density at radius 2 is 1.11 bits per heavy atom. The predicted molar refractivity (Wildman–Crippen MR) is 161 cm³/mol. The standard InChI is InChI=1S/C32H22BF2N3O6/c34-33(35)37-25(17-1-7-21(39)8-2-17)15-23(19-5-11-27(41)29(43)13-19)31(37)36-32-24(20-6-12-28(42)30(44)14-20)16-26(38(32)33)18-3-9-22(40)10-4-18/h1-16,39-44H.